The molecule has 25 heavy (non-hydrogen) atoms. The number of aryl methyl sites for hydroxylation is 1. The molecule has 1 heterocycles. The molecule has 0 aliphatic carbocycles. The van der Waals surface area contributed by atoms with Gasteiger partial charge in [0, 0.05) is 32.7 Å². The maximum Gasteiger partial charge on any atom is 0.251 e. The second-order valence-electron chi connectivity index (χ2n) is 6.72. The molecule has 2 rings (SSSR count). The van der Waals surface area contributed by atoms with Crippen LogP contribution < -0.4 is 10.1 Å². The van der Waals surface area contributed by atoms with E-state index in [2.05, 4.69) is 10.2 Å². The van der Waals surface area contributed by atoms with Gasteiger partial charge in [0.05, 0.1) is 13.2 Å². The Bertz CT molecular complexity index is 616. The lowest BCUT2D eigenvalue weighted by molar-refractivity contribution is -0.133. The van der Waals surface area contributed by atoms with Crippen LogP contribution in [0.4, 0.5) is 0 Å². The molecule has 1 aliphatic heterocycles. The first-order valence-corrected chi connectivity index (χ1v) is 8.82. The molecule has 1 saturated heterocycles. The zero-order valence-corrected chi connectivity index (χ0v) is 15.7. The van der Waals surface area contributed by atoms with E-state index in [0.29, 0.717) is 12.1 Å². The minimum Gasteiger partial charge on any atom is -0.496 e. The molecule has 0 aromatic heterocycles. The zero-order chi connectivity index (χ0) is 18.4. The van der Waals surface area contributed by atoms with Gasteiger partial charge in [-0.25, -0.2) is 0 Å². The summed E-state index contributed by atoms with van der Waals surface area (Å²) in [5.74, 6) is 0.795. The van der Waals surface area contributed by atoms with Crippen molar-refractivity contribution < 1.29 is 14.3 Å². The maximum absolute atomic E-state index is 12.2. The van der Waals surface area contributed by atoms with E-state index in [-0.39, 0.29) is 17.9 Å². The Balaban J connectivity index is 1.79. The fourth-order valence-corrected chi connectivity index (χ4v) is 3.22. The van der Waals surface area contributed by atoms with Gasteiger partial charge in [0.15, 0.2) is 0 Å². The second-order valence-corrected chi connectivity index (χ2v) is 6.72. The Morgan fingerprint density at radius 1 is 1.36 bits per heavy atom. The Morgan fingerprint density at radius 3 is 2.80 bits per heavy atom. The van der Waals surface area contributed by atoms with E-state index in [9.17, 15) is 9.59 Å². The van der Waals surface area contributed by atoms with Crippen molar-refractivity contribution in [2.24, 2.45) is 0 Å². The summed E-state index contributed by atoms with van der Waals surface area (Å²) in [6.07, 6.45) is 2.80. The number of benzene rings is 1. The Kier molecular flexibility index (Phi) is 6.82. The van der Waals surface area contributed by atoms with Crippen LogP contribution in [0.3, 0.4) is 0 Å². The number of nitrogens with zero attached hydrogens (tertiary/aromatic N) is 2. The fourth-order valence-electron chi connectivity index (χ4n) is 3.22. The van der Waals surface area contributed by atoms with Crippen molar-refractivity contribution in [3.8, 4) is 5.75 Å². The number of ether oxygens (including phenoxy) is 1. The molecule has 1 N–H and O–H groups in total. The summed E-state index contributed by atoms with van der Waals surface area (Å²) in [6, 6.07) is 5.44. The number of amides is 2. The highest BCUT2D eigenvalue weighted by molar-refractivity contribution is 5.94. The normalized spacial score (nSPS) is 17.4. The standard InChI is InChI=1S/C19H29N3O3/c1-14-8-9-15(13-17(14)25-4)18(23)20-10-6-12-22-11-5-7-16(22)19(24)21(2)3/h8-9,13,16H,5-7,10-12H2,1-4H3,(H,20,23)/t16-/m0/s1. The van der Waals surface area contributed by atoms with Crippen LogP contribution in [-0.4, -0.2) is 68.5 Å². The lowest BCUT2D eigenvalue weighted by Gasteiger charge is -2.26. The number of nitrogens with one attached hydrogen (secondary N) is 1. The molecule has 138 valence electrons. The van der Waals surface area contributed by atoms with Crippen LogP contribution in [0.5, 0.6) is 5.75 Å². The van der Waals surface area contributed by atoms with E-state index in [1.165, 1.54) is 0 Å². The van der Waals surface area contributed by atoms with Gasteiger partial charge in [-0.15, -0.1) is 0 Å². The first kappa shape index (κ1) is 19.2. The molecule has 2 amide bonds. The van der Waals surface area contributed by atoms with Gasteiger partial charge in [-0.05, 0) is 50.4 Å². The molecular weight excluding hydrogens is 318 g/mol. The third-order valence-electron chi connectivity index (χ3n) is 4.67. The largest absolute Gasteiger partial charge is 0.496 e. The second kappa shape index (κ2) is 8.85. The highest BCUT2D eigenvalue weighted by Crippen LogP contribution is 2.20. The highest BCUT2D eigenvalue weighted by atomic mass is 16.5. The summed E-state index contributed by atoms with van der Waals surface area (Å²) in [5.41, 5.74) is 1.61. The number of carbonyl (C=O) groups is 2. The summed E-state index contributed by atoms with van der Waals surface area (Å²) in [7, 11) is 5.20. The van der Waals surface area contributed by atoms with Crippen molar-refractivity contribution in [3.05, 3.63) is 29.3 Å². The van der Waals surface area contributed by atoms with Gasteiger partial charge in [0.2, 0.25) is 5.91 Å². The molecule has 6 nitrogen and oxygen atoms in total. The average molecular weight is 347 g/mol. The third kappa shape index (κ3) is 4.95. The average Bonchev–Trinajstić information content (AvgIpc) is 3.06. The van der Waals surface area contributed by atoms with Gasteiger partial charge < -0.3 is 15.0 Å². The molecule has 0 bridgehead atoms. The van der Waals surface area contributed by atoms with Crippen molar-refractivity contribution in [2.75, 3.05) is 40.8 Å². The molecule has 1 aromatic carbocycles. The lowest BCUT2D eigenvalue weighted by Crippen LogP contribution is -2.43. The molecule has 6 heteroatoms. The quantitative estimate of drug-likeness (QED) is 0.762. The van der Waals surface area contributed by atoms with Crippen LogP contribution >= 0.6 is 0 Å². The topological polar surface area (TPSA) is 61.9 Å². The molecule has 0 spiro atoms. The van der Waals surface area contributed by atoms with Crippen LogP contribution in [0.2, 0.25) is 0 Å². The SMILES string of the molecule is COc1cc(C(=O)NCCCN2CCC[C@H]2C(=O)N(C)C)ccc1C. The Morgan fingerprint density at radius 2 is 2.12 bits per heavy atom. The van der Waals surface area contributed by atoms with Gasteiger partial charge in [0.1, 0.15) is 5.75 Å². The minimum atomic E-state index is -0.0966. The predicted molar refractivity (Wildman–Crippen MR) is 98.0 cm³/mol. The molecule has 1 aromatic rings. The number of likely N-dealkylation sites (tertiary alicyclic amines) is 1. The van der Waals surface area contributed by atoms with E-state index in [0.717, 1.165) is 43.7 Å². The summed E-state index contributed by atoms with van der Waals surface area (Å²) in [6.45, 7) is 4.31. The summed E-state index contributed by atoms with van der Waals surface area (Å²) >= 11 is 0. The number of hydrogen-bond donors (Lipinski definition) is 1. The van der Waals surface area contributed by atoms with Gasteiger partial charge in [0.25, 0.3) is 5.91 Å². The first-order chi connectivity index (χ1) is 11.9. The maximum atomic E-state index is 12.2. The highest BCUT2D eigenvalue weighted by Gasteiger charge is 2.30. The summed E-state index contributed by atoms with van der Waals surface area (Å²) < 4.78 is 5.26. The Labute approximate surface area is 150 Å². The number of methoxy groups -OCH3 is 1. The van der Waals surface area contributed by atoms with E-state index < -0.39 is 0 Å². The fraction of sp³-hybridized carbons (Fsp3) is 0.579. The molecule has 1 fully saturated rings. The van der Waals surface area contributed by atoms with Gasteiger partial charge in [-0.3, -0.25) is 14.5 Å². The van der Waals surface area contributed by atoms with Crippen LogP contribution in [0.15, 0.2) is 18.2 Å². The summed E-state index contributed by atoms with van der Waals surface area (Å²) in [4.78, 5) is 28.3. The van der Waals surface area contributed by atoms with Crippen molar-refractivity contribution in [2.45, 2.75) is 32.2 Å². The minimum absolute atomic E-state index is 0.00735. The molecular formula is C19H29N3O3. The van der Waals surface area contributed by atoms with E-state index in [1.54, 1.807) is 38.2 Å². The lowest BCUT2D eigenvalue weighted by atomic mass is 10.1. The predicted octanol–water partition coefficient (Wildman–Crippen LogP) is 1.68. The van der Waals surface area contributed by atoms with Crippen LogP contribution in [0.1, 0.15) is 35.2 Å². The van der Waals surface area contributed by atoms with E-state index in [1.807, 2.05) is 13.0 Å². The molecule has 0 radical (unpaired) electrons. The van der Waals surface area contributed by atoms with Crippen molar-refractivity contribution in [1.82, 2.24) is 15.1 Å². The van der Waals surface area contributed by atoms with Crippen LogP contribution in [0, 0.1) is 6.92 Å². The van der Waals surface area contributed by atoms with Gasteiger partial charge in [-0.2, -0.15) is 0 Å². The molecule has 0 saturated carbocycles. The van der Waals surface area contributed by atoms with Crippen molar-refractivity contribution >= 4 is 11.8 Å². The number of likely N-dealkylation sites (N-methyl/N-ethyl adjacent to an activating group) is 1. The molecule has 1 atom stereocenters. The van der Waals surface area contributed by atoms with Gasteiger partial charge >= 0.3 is 0 Å². The van der Waals surface area contributed by atoms with Gasteiger partial charge in [-0.1, -0.05) is 6.07 Å². The Hall–Kier alpha value is -2.08. The first-order valence-electron chi connectivity index (χ1n) is 8.82. The van der Waals surface area contributed by atoms with Crippen LogP contribution in [0.25, 0.3) is 0 Å². The third-order valence-corrected chi connectivity index (χ3v) is 4.67. The number of rotatable bonds is 7. The summed E-state index contributed by atoms with van der Waals surface area (Å²) in [5, 5.41) is 2.94. The van der Waals surface area contributed by atoms with Crippen molar-refractivity contribution in [3.63, 3.8) is 0 Å². The molecule has 0 unspecified atom stereocenters. The smallest absolute Gasteiger partial charge is 0.251 e. The zero-order valence-electron chi connectivity index (χ0n) is 15.7. The van der Waals surface area contributed by atoms with E-state index in [4.69, 9.17) is 4.74 Å². The monoisotopic (exact) mass is 347 g/mol. The number of hydrogen-bond acceptors (Lipinski definition) is 4. The molecule has 1 aliphatic rings. The number of carbonyl (C=O) groups excluding carboxylic acids is 2. The van der Waals surface area contributed by atoms with Crippen LogP contribution in [-0.2, 0) is 4.79 Å². The van der Waals surface area contributed by atoms with Crippen molar-refractivity contribution in [1.29, 1.82) is 0 Å². The van der Waals surface area contributed by atoms with E-state index >= 15 is 0 Å².